The quantitative estimate of drug-likeness (QED) is 0.443. The second kappa shape index (κ2) is 12.4. The summed E-state index contributed by atoms with van der Waals surface area (Å²) in [4.78, 5) is 10.8. The zero-order valence-electron chi connectivity index (χ0n) is 12.0. The van der Waals surface area contributed by atoms with Crippen LogP contribution in [0.3, 0.4) is 0 Å². The second-order valence-corrected chi connectivity index (χ2v) is 6.15. The SMILES string of the molecule is COCCCCCCC/C=C/CC(C(=O)O)S(C)=O. The van der Waals surface area contributed by atoms with Crippen LogP contribution in [0.15, 0.2) is 12.2 Å². The van der Waals surface area contributed by atoms with Gasteiger partial charge < -0.3 is 9.84 Å². The summed E-state index contributed by atoms with van der Waals surface area (Å²) in [6.45, 7) is 0.838. The Hall–Kier alpha value is -0.680. The van der Waals surface area contributed by atoms with Crippen LogP contribution < -0.4 is 0 Å². The Morgan fingerprint density at radius 2 is 1.84 bits per heavy atom. The average molecular weight is 290 g/mol. The predicted octanol–water partition coefficient (Wildman–Crippen LogP) is 2.75. The van der Waals surface area contributed by atoms with Crippen LogP contribution in [0.2, 0.25) is 0 Å². The van der Waals surface area contributed by atoms with Crippen molar-refractivity contribution in [2.75, 3.05) is 20.0 Å². The van der Waals surface area contributed by atoms with Gasteiger partial charge in [-0.3, -0.25) is 9.00 Å². The first-order chi connectivity index (χ1) is 9.09. The summed E-state index contributed by atoms with van der Waals surface area (Å²) in [5.74, 6) is -0.983. The van der Waals surface area contributed by atoms with Gasteiger partial charge in [-0.2, -0.15) is 0 Å². The van der Waals surface area contributed by atoms with Crippen LogP contribution in [0, 0.1) is 0 Å². The van der Waals surface area contributed by atoms with Crippen molar-refractivity contribution in [3.63, 3.8) is 0 Å². The number of carbonyl (C=O) groups is 1. The number of methoxy groups -OCH3 is 1. The molecular formula is C14H26O4S. The third-order valence-corrected chi connectivity index (χ3v) is 4.11. The Kier molecular flexibility index (Phi) is 11.9. The molecule has 0 aromatic carbocycles. The maximum atomic E-state index is 11.2. The van der Waals surface area contributed by atoms with Crippen LogP contribution in [-0.4, -0.2) is 40.5 Å². The highest BCUT2D eigenvalue weighted by atomic mass is 32.2. The molecule has 0 aromatic rings. The highest BCUT2D eigenvalue weighted by molar-refractivity contribution is 7.85. The van der Waals surface area contributed by atoms with Gasteiger partial charge in [0.05, 0.1) is 0 Å². The second-order valence-electron chi connectivity index (χ2n) is 4.58. The smallest absolute Gasteiger partial charge is 0.319 e. The molecule has 0 fully saturated rings. The molecule has 112 valence electrons. The molecule has 0 radical (unpaired) electrons. The molecule has 5 heteroatoms. The van der Waals surface area contributed by atoms with Crippen LogP contribution >= 0.6 is 0 Å². The van der Waals surface area contributed by atoms with E-state index in [0.717, 1.165) is 25.9 Å². The van der Waals surface area contributed by atoms with E-state index in [0.29, 0.717) is 6.42 Å². The fraction of sp³-hybridized carbons (Fsp3) is 0.786. The molecule has 0 aliphatic rings. The highest BCUT2D eigenvalue weighted by Gasteiger charge is 2.19. The summed E-state index contributed by atoms with van der Waals surface area (Å²) >= 11 is 0. The lowest BCUT2D eigenvalue weighted by Crippen LogP contribution is -2.23. The monoisotopic (exact) mass is 290 g/mol. The van der Waals surface area contributed by atoms with Crippen LogP contribution in [0.1, 0.15) is 44.9 Å². The molecule has 0 spiro atoms. The molecule has 1 N–H and O–H groups in total. The van der Waals surface area contributed by atoms with E-state index in [-0.39, 0.29) is 0 Å². The van der Waals surface area contributed by atoms with E-state index < -0.39 is 22.0 Å². The third kappa shape index (κ3) is 10.9. The number of rotatable bonds is 12. The van der Waals surface area contributed by atoms with Crippen molar-refractivity contribution in [3.8, 4) is 0 Å². The lowest BCUT2D eigenvalue weighted by Gasteiger charge is -2.05. The van der Waals surface area contributed by atoms with E-state index in [2.05, 4.69) is 0 Å². The summed E-state index contributed by atoms with van der Waals surface area (Å²) in [5.41, 5.74) is 0. The van der Waals surface area contributed by atoms with Crippen LogP contribution in [0.25, 0.3) is 0 Å². The molecule has 19 heavy (non-hydrogen) atoms. The number of hydrogen-bond donors (Lipinski definition) is 1. The van der Waals surface area contributed by atoms with Gasteiger partial charge in [0.1, 0.15) is 5.25 Å². The van der Waals surface area contributed by atoms with Crippen LogP contribution in [-0.2, 0) is 20.3 Å². The standard InChI is InChI=1S/C14H26O4S/c1-18-12-10-8-6-4-3-5-7-9-11-13(14(15)16)19(2)17/h7,9,13H,3-6,8,10-12H2,1-2H3,(H,15,16)/b9-7+. The first-order valence-corrected chi connectivity index (χ1v) is 8.40. The van der Waals surface area contributed by atoms with Crippen molar-refractivity contribution < 1.29 is 18.8 Å². The van der Waals surface area contributed by atoms with Gasteiger partial charge in [-0.1, -0.05) is 31.4 Å². The minimum Gasteiger partial charge on any atom is -0.480 e. The van der Waals surface area contributed by atoms with Crippen LogP contribution in [0.4, 0.5) is 0 Å². The van der Waals surface area contributed by atoms with Crippen LogP contribution in [0.5, 0.6) is 0 Å². The molecule has 2 atom stereocenters. The molecule has 0 aromatic heterocycles. The van der Waals surface area contributed by atoms with E-state index in [4.69, 9.17) is 9.84 Å². The molecule has 0 aliphatic carbocycles. The van der Waals surface area contributed by atoms with E-state index in [1.165, 1.54) is 25.5 Å². The first kappa shape index (κ1) is 18.3. The molecule has 0 amide bonds. The number of carboxylic acids is 1. The van der Waals surface area contributed by atoms with E-state index in [1.807, 2.05) is 12.2 Å². The highest BCUT2D eigenvalue weighted by Crippen LogP contribution is 2.07. The predicted molar refractivity (Wildman–Crippen MR) is 78.8 cm³/mol. The number of carboxylic acid groups (broad SMARTS) is 1. The Morgan fingerprint density at radius 1 is 1.21 bits per heavy atom. The third-order valence-electron chi connectivity index (χ3n) is 2.91. The van der Waals surface area contributed by atoms with Gasteiger partial charge >= 0.3 is 5.97 Å². The normalized spacial score (nSPS) is 14.6. The van der Waals surface area contributed by atoms with Crippen molar-refractivity contribution in [2.24, 2.45) is 0 Å². The molecule has 0 saturated heterocycles. The number of unbranched alkanes of at least 4 members (excludes halogenated alkanes) is 5. The van der Waals surface area contributed by atoms with Crippen molar-refractivity contribution >= 4 is 16.8 Å². The lowest BCUT2D eigenvalue weighted by molar-refractivity contribution is -0.136. The maximum Gasteiger partial charge on any atom is 0.319 e. The molecule has 0 aliphatic heterocycles. The fourth-order valence-corrected chi connectivity index (χ4v) is 2.42. The molecule has 4 nitrogen and oxygen atoms in total. The number of ether oxygens (including phenoxy) is 1. The first-order valence-electron chi connectivity index (χ1n) is 6.78. The molecule has 0 bridgehead atoms. The Morgan fingerprint density at radius 3 is 2.42 bits per heavy atom. The van der Waals surface area contributed by atoms with Gasteiger partial charge in [-0.25, -0.2) is 0 Å². The molecule has 2 unspecified atom stereocenters. The Labute approximate surface area is 118 Å². The average Bonchev–Trinajstić information content (AvgIpc) is 2.35. The minimum absolute atomic E-state index is 0.353. The van der Waals surface area contributed by atoms with Crippen molar-refractivity contribution in [3.05, 3.63) is 12.2 Å². The van der Waals surface area contributed by atoms with Gasteiger partial charge in [0.2, 0.25) is 0 Å². The molecule has 0 heterocycles. The number of aliphatic carboxylic acids is 1. The summed E-state index contributed by atoms with van der Waals surface area (Å²) < 4.78 is 16.1. The van der Waals surface area contributed by atoms with Gasteiger partial charge in [0, 0.05) is 30.8 Å². The largest absolute Gasteiger partial charge is 0.480 e. The van der Waals surface area contributed by atoms with E-state index >= 15 is 0 Å². The number of hydrogen-bond acceptors (Lipinski definition) is 3. The topological polar surface area (TPSA) is 63.6 Å². The zero-order valence-corrected chi connectivity index (χ0v) is 12.8. The summed E-state index contributed by atoms with van der Waals surface area (Å²) in [6.07, 6.45) is 12.4. The fourth-order valence-electron chi connectivity index (χ4n) is 1.75. The molecule has 0 rings (SSSR count). The van der Waals surface area contributed by atoms with Gasteiger partial charge in [-0.15, -0.1) is 0 Å². The lowest BCUT2D eigenvalue weighted by atomic mass is 10.1. The summed E-state index contributed by atoms with van der Waals surface area (Å²) in [7, 11) is 0.411. The van der Waals surface area contributed by atoms with E-state index in [1.54, 1.807) is 7.11 Å². The Bertz CT molecular complexity index is 275. The van der Waals surface area contributed by atoms with Crippen molar-refractivity contribution in [1.82, 2.24) is 0 Å². The van der Waals surface area contributed by atoms with Crippen molar-refractivity contribution in [1.29, 1.82) is 0 Å². The zero-order chi connectivity index (χ0) is 14.5. The minimum atomic E-state index is -1.31. The number of allylic oxidation sites excluding steroid dienone is 2. The van der Waals surface area contributed by atoms with Crippen molar-refractivity contribution in [2.45, 2.75) is 50.2 Å². The van der Waals surface area contributed by atoms with E-state index in [9.17, 15) is 9.00 Å². The van der Waals surface area contributed by atoms with Gasteiger partial charge in [0.15, 0.2) is 0 Å². The van der Waals surface area contributed by atoms with Gasteiger partial charge in [-0.05, 0) is 25.7 Å². The maximum absolute atomic E-state index is 11.2. The Balaban J connectivity index is 3.53. The summed E-state index contributed by atoms with van der Waals surface area (Å²) in [6, 6.07) is 0. The summed E-state index contributed by atoms with van der Waals surface area (Å²) in [5, 5.41) is 8.08. The molecular weight excluding hydrogens is 264 g/mol. The molecule has 0 saturated carbocycles. The van der Waals surface area contributed by atoms with Gasteiger partial charge in [0.25, 0.3) is 0 Å².